The maximum Gasteiger partial charge on any atom is 0.253 e. The van der Waals surface area contributed by atoms with Gasteiger partial charge in [-0.15, -0.1) is 0 Å². The van der Waals surface area contributed by atoms with Gasteiger partial charge in [0, 0.05) is 31.2 Å². The van der Waals surface area contributed by atoms with Gasteiger partial charge < -0.3 is 9.64 Å². The van der Waals surface area contributed by atoms with Crippen LogP contribution in [0.3, 0.4) is 0 Å². The van der Waals surface area contributed by atoms with Gasteiger partial charge in [0.2, 0.25) is 0 Å². The van der Waals surface area contributed by atoms with Gasteiger partial charge in [0.25, 0.3) is 5.91 Å². The minimum atomic E-state index is 0.0922. The summed E-state index contributed by atoms with van der Waals surface area (Å²) in [5.74, 6) is 1.95. The molecule has 126 valence electrons. The average Bonchev–Trinajstić information content (AvgIpc) is 3.26. The van der Waals surface area contributed by atoms with Crippen molar-refractivity contribution in [2.45, 2.75) is 39.2 Å². The molecule has 0 aromatic heterocycles. The third-order valence-corrected chi connectivity index (χ3v) is 5.15. The van der Waals surface area contributed by atoms with Crippen molar-refractivity contribution in [3.05, 3.63) is 29.8 Å². The fraction of sp³-hybridized carbons (Fsp3) is 0.632. The Labute approximate surface area is 139 Å². The van der Waals surface area contributed by atoms with Crippen LogP contribution in [0.15, 0.2) is 24.3 Å². The summed E-state index contributed by atoms with van der Waals surface area (Å²) >= 11 is 0. The Morgan fingerprint density at radius 1 is 1.26 bits per heavy atom. The monoisotopic (exact) mass is 316 g/mol. The molecule has 1 aliphatic heterocycles. The lowest BCUT2D eigenvalue weighted by Crippen LogP contribution is -2.30. The quantitative estimate of drug-likeness (QED) is 0.691. The van der Waals surface area contributed by atoms with Crippen molar-refractivity contribution < 1.29 is 9.53 Å². The highest BCUT2D eigenvalue weighted by Gasteiger charge is 2.46. The summed E-state index contributed by atoms with van der Waals surface area (Å²) in [5, 5.41) is 0. The normalized spacial score (nSPS) is 22.7. The lowest BCUT2D eigenvalue weighted by Gasteiger charge is -2.19. The number of ether oxygens (including phenoxy) is 1. The van der Waals surface area contributed by atoms with Crippen LogP contribution in [-0.4, -0.2) is 54.5 Å². The lowest BCUT2D eigenvalue weighted by atomic mass is 10.2. The first-order chi connectivity index (χ1) is 11.2. The molecule has 0 spiro atoms. The van der Waals surface area contributed by atoms with E-state index in [9.17, 15) is 4.79 Å². The molecular weight excluding hydrogens is 288 g/mol. The fourth-order valence-electron chi connectivity index (χ4n) is 3.61. The predicted octanol–water partition coefficient (Wildman–Crippen LogP) is 3.03. The van der Waals surface area contributed by atoms with Crippen molar-refractivity contribution >= 4 is 5.91 Å². The van der Waals surface area contributed by atoms with Crippen LogP contribution in [0.5, 0.6) is 5.75 Å². The SMILES string of the molecule is CCN(CC)C(=O)c1ccc(OCCCN2CC[C@@H]3C[C@@H]32)cc1. The van der Waals surface area contributed by atoms with Gasteiger partial charge in [0.1, 0.15) is 5.75 Å². The number of piperidine rings is 1. The van der Waals surface area contributed by atoms with Gasteiger partial charge >= 0.3 is 0 Å². The summed E-state index contributed by atoms with van der Waals surface area (Å²) < 4.78 is 5.81. The first kappa shape index (κ1) is 16.3. The molecule has 1 aromatic carbocycles. The summed E-state index contributed by atoms with van der Waals surface area (Å²) in [5.41, 5.74) is 0.734. The maximum absolute atomic E-state index is 12.2. The molecule has 23 heavy (non-hydrogen) atoms. The minimum Gasteiger partial charge on any atom is -0.494 e. The fourth-order valence-corrected chi connectivity index (χ4v) is 3.61. The zero-order chi connectivity index (χ0) is 16.2. The van der Waals surface area contributed by atoms with E-state index in [2.05, 4.69) is 4.90 Å². The van der Waals surface area contributed by atoms with Crippen LogP contribution in [0.4, 0.5) is 0 Å². The average molecular weight is 316 g/mol. The number of benzene rings is 1. The maximum atomic E-state index is 12.2. The van der Waals surface area contributed by atoms with Crippen LogP contribution in [0.25, 0.3) is 0 Å². The van der Waals surface area contributed by atoms with Gasteiger partial charge in [-0.3, -0.25) is 9.69 Å². The van der Waals surface area contributed by atoms with Gasteiger partial charge in [0.05, 0.1) is 6.61 Å². The molecular formula is C19H28N2O2. The van der Waals surface area contributed by atoms with Crippen LogP contribution in [0.2, 0.25) is 0 Å². The van der Waals surface area contributed by atoms with E-state index < -0.39 is 0 Å². The third-order valence-electron chi connectivity index (χ3n) is 5.15. The summed E-state index contributed by atoms with van der Waals surface area (Å²) in [6.07, 6.45) is 3.89. The van der Waals surface area contributed by atoms with Gasteiger partial charge in [0.15, 0.2) is 0 Å². The van der Waals surface area contributed by atoms with Gasteiger partial charge in [-0.2, -0.15) is 0 Å². The molecule has 3 rings (SSSR count). The highest BCUT2D eigenvalue weighted by atomic mass is 16.5. The molecule has 1 saturated carbocycles. The van der Waals surface area contributed by atoms with Crippen molar-refractivity contribution in [2.75, 3.05) is 32.8 Å². The molecule has 0 unspecified atom stereocenters. The van der Waals surface area contributed by atoms with Crippen molar-refractivity contribution in [3.8, 4) is 5.75 Å². The Kier molecular flexibility index (Phi) is 5.21. The van der Waals surface area contributed by atoms with Crippen molar-refractivity contribution in [3.63, 3.8) is 0 Å². The molecule has 2 aliphatic rings. The largest absolute Gasteiger partial charge is 0.494 e. The first-order valence-corrected chi connectivity index (χ1v) is 8.99. The highest BCUT2D eigenvalue weighted by Crippen LogP contribution is 2.44. The second-order valence-electron chi connectivity index (χ2n) is 6.59. The lowest BCUT2D eigenvalue weighted by molar-refractivity contribution is 0.0773. The summed E-state index contributed by atoms with van der Waals surface area (Å²) in [4.78, 5) is 16.7. The molecule has 4 heteroatoms. The standard InChI is InChI=1S/C19H28N2O2/c1-3-20(4-2)19(22)15-6-8-17(9-7-15)23-13-5-11-21-12-10-16-14-18(16)21/h6-9,16,18H,3-5,10-14H2,1-2H3/t16-,18+/m1/s1. The molecule has 0 bridgehead atoms. The first-order valence-electron chi connectivity index (χ1n) is 8.99. The molecule has 1 saturated heterocycles. The molecule has 2 fully saturated rings. The number of carbonyl (C=O) groups is 1. The molecule has 0 radical (unpaired) electrons. The number of fused-ring (bicyclic) bond motifs is 1. The number of likely N-dealkylation sites (tertiary alicyclic amines) is 1. The van der Waals surface area contributed by atoms with E-state index in [1.807, 2.05) is 43.0 Å². The number of carbonyl (C=O) groups excluding carboxylic acids is 1. The second kappa shape index (κ2) is 7.35. The Morgan fingerprint density at radius 2 is 2.00 bits per heavy atom. The third kappa shape index (κ3) is 3.86. The van der Waals surface area contributed by atoms with E-state index in [4.69, 9.17) is 4.74 Å². The van der Waals surface area contributed by atoms with Crippen molar-refractivity contribution in [2.24, 2.45) is 5.92 Å². The number of nitrogens with zero attached hydrogens (tertiary/aromatic N) is 2. The van der Waals surface area contributed by atoms with Crippen LogP contribution >= 0.6 is 0 Å². The zero-order valence-corrected chi connectivity index (χ0v) is 14.3. The number of rotatable bonds is 8. The van der Waals surface area contributed by atoms with E-state index in [1.165, 1.54) is 19.4 Å². The van der Waals surface area contributed by atoms with Crippen LogP contribution in [0, 0.1) is 5.92 Å². The van der Waals surface area contributed by atoms with Gasteiger partial charge in [-0.05, 0) is 69.8 Å². The molecule has 1 amide bonds. The van der Waals surface area contributed by atoms with Crippen molar-refractivity contribution in [1.82, 2.24) is 9.80 Å². The highest BCUT2D eigenvalue weighted by molar-refractivity contribution is 5.94. The van der Waals surface area contributed by atoms with E-state index in [1.54, 1.807) is 0 Å². The summed E-state index contributed by atoms with van der Waals surface area (Å²) in [6.45, 7) is 8.67. The zero-order valence-electron chi connectivity index (χ0n) is 14.3. The number of hydrogen-bond donors (Lipinski definition) is 0. The molecule has 1 heterocycles. The smallest absolute Gasteiger partial charge is 0.253 e. The van der Waals surface area contributed by atoms with Crippen LogP contribution in [-0.2, 0) is 0 Å². The summed E-state index contributed by atoms with van der Waals surface area (Å²) in [6, 6.07) is 8.43. The van der Waals surface area contributed by atoms with Crippen LogP contribution < -0.4 is 4.74 Å². The second-order valence-corrected chi connectivity index (χ2v) is 6.59. The Morgan fingerprint density at radius 3 is 2.57 bits per heavy atom. The predicted molar refractivity (Wildman–Crippen MR) is 91.9 cm³/mol. The Hall–Kier alpha value is -1.55. The minimum absolute atomic E-state index is 0.0922. The topological polar surface area (TPSA) is 32.8 Å². The Bertz CT molecular complexity index is 525. The molecule has 4 nitrogen and oxygen atoms in total. The molecule has 1 aromatic rings. The van der Waals surface area contributed by atoms with E-state index in [0.717, 1.165) is 55.9 Å². The van der Waals surface area contributed by atoms with Crippen molar-refractivity contribution in [1.29, 1.82) is 0 Å². The molecule has 1 aliphatic carbocycles. The van der Waals surface area contributed by atoms with E-state index in [-0.39, 0.29) is 5.91 Å². The molecule has 0 N–H and O–H groups in total. The number of hydrogen-bond acceptors (Lipinski definition) is 3. The summed E-state index contributed by atoms with van der Waals surface area (Å²) in [7, 11) is 0. The number of amides is 1. The van der Waals surface area contributed by atoms with Gasteiger partial charge in [-0.1, -0.05) is 0 Å². The van der Waals surface area contributed by atoms with Gasteiger partial charge in [-0.25, -0.2) is 0 Å². The molecule has 2 atom stereocenters. The van der Waals surface area contributed by atoms with E-state index in [0.29, 0.717) is 0 Å². The van der Waals surface area contributed by atoms with Crippen LogP contribution in [0.1, 0.15) is 43.5 Å². The Balaban J connectivity index is 1.41. The van der Waals surface area contributed by atoms with E-state index >= 15 is 0 Å².